The SMILES string of the molecule is O=C(NC1C[C@H](OCc2ccccc2)CC[C@H]2CC[C@@H](CC(=O)N3CC(C(=O)N4CCOCC4)C3)N2C1=O)c1cc2cc(C(F)(F)P(=O)(O)O)ccc2s1. The average Bonchev–Trinajstić information content (AvgIpc) is 3.74. The minimum absolute atomic E-state index is 0.0306. The Balaban J connectivity index is 1.06. The average molecular weight is 789 g/mol. The van der Waals surface area contributed by atoms with Gasteiger partial charge in [0.1, 0.15) is 6.04 Å². The van der Waals surface area contributed by atoms with Gasteiger partial charge in [0.05, 0.1) is 36.7 Å². The Hall–Kier alpha value is -3.79. The maximum absolute atomic E-state index is 14.5. The standard InChI is InChI=1S/C37H43F2N4O9PS/c38-37(39,53(48,49)50)26-6-11-31-24(16-26)17-32(54-31)34(45)40-30-19-29(52-22-23-4-2-1-3-5-23)10-9-27-7-8-28(43(27)36(30)47)18-33(44)42-20-25(21-42)35(46)41-12-14-51-15-13-41/h1-6,11,16-17,25,27-30H,7-10,12-15,18-22H2,(H,40,45)(H2,48,49,50)/t27-,28+,29-,30?/m1/s1. The van der Waals surface area contributed by atoms with Gasteiger partial charge in [-0.25, -0.2) is 0 Å². The minimum Gasteiger partial charge on any atom is -0.378 e. The van der Waals surface area contributed by atoms with Crippen LogP contribution in [0.2, 0.25) is 0 Å². The summed E-state index contributed by atoms with van der Waals surface area (Å²) in [6, 6.07) is 12.5. The van der Waals surface area contributed by atoms with Crippen LogP contribution in [0.15, 0.2) is 54.6 Å². The first-order valence-electron chi connectivity index (χ1n) is 18.2. The van der Waals surface area contributed by atoms with Crippen molar-refractivity contribution < 1.29 is 51.8 Å². The number of halogens is 2. The topological polar surface area (TPSA) is 166 Å². The maximum Gasteiger partial charge on any atom is 0.399 e. The zero-order valence-corrected chi connectivity index (χ0v) is 31.2. The predicted molar refractivity (Wildman–Crippen MR) is 194 cm³/mol. The largest absolute Gasteiger partial charge is 0.399 e. The normalized spacial score (nSPS) is 24.1. The number of thiophene rings is 1. The fourth-order valence-corrected chi connectivity index (χ4v) is 9.28. The molecule has 5 heterocycles. The van der Waals surface area contributed by atoms with Gasteiger partial charge in [0.25, 0.3) is 5.91 Å². The first kappa shape index (κ1) is 38.5. The van der Waals surface area contributed by atoms with E-state index < -0.39 is 30.8 Å². The number of nitrogens with one attached hydrogen (secondary N) is 1. The Morgan fingerprint density at radius 3 is 2.43 bits per heavy atom. The number of alkyl halides is 2. The first-order chi connectivity index (χ1) is 25.8. The lowest BCUT2D eigenvalue weighted by molar-refractivity contribution is -0.152. The number of amides is 4. The predicted octanol–water partition coefficient (Wildman–Crippen LogP) is 4.06. The fourth-order valence-electron chi connectivity index (χ4n) is 7.86. The Kier molecular flexibility index (Phi) is 11.2. The van der Waals surface area contributed by atoms with Crippen LogP contribution in [0.4, 0.5) is 8.78 Å². The molecule has 13 nitrogen and oxygen atoms in total. The van der Waals surface area contributed by atoms with Crippen LogP contribution >= 0.6 is 18.9 Å². The van der Waals surface area contributed by atoms with Gasteiger partial charge in [0.15, 0.2) is 0 Å². The molecule has 4 fully saturated rings. The third-order valence-corrected chi connectivity index (χ3v) is 13.0. The maximum atomic E-state index is 14.5. The van der Waals surface area contributed by atoms with E-state index in [2.05, 4.69) is 5.32 Å². The molecule has 7 rings (SSSR count). The number of likely N-dealkylation sites (tertiary alicyclic amines) is 1. The lowest BCUT2D eigenvalue weighted by Crippen LogP contribution is -2.59. The molecule has 4 saturated heterocycles. The molecule has 4 amide bonds. The van der Waals surface area contributed by atoms with Crippen LogP contribution in [0, 0.1) is 5.92 Å². The van der Waals surface area contributed by atoms with Gasteiger partial charge in [0.2, 0.25) is 17.7 Å². The molecule has 4 aliphatic rings. The second-order valence-electron chi connectivity index (χ2n) is 14.5. The molecule has 0 radical (unpaired) electrons. The van der Waals surface area contributed by atoms with Crippen molar-refractivity contribution in [3.63, 3.8) is 0 Å². The van der Waals surface area contributed by atoms with Crippen LogP contribution in [0.3, 0.4) is 0 Å². The summed E-state index contributed by atoms with van der Waals surface area (Å²) in [5.74, 6) is -1.28. The van der Waals surface area contributed by atoms with E-state index in [1.807, 2.05) is 30.3 Å². The van der Waals surface area contributed by atoms with Crippen molar-refractivity contribution in [2.75, 3.05) is 39.4 Å². The van der Waals surface area contributed by atoms with Gasteiger partial charge < -0.3 is 39.3 Å². The van der Waals surface area contributed by atoms with Crippen LogP contribution in [-0.4, -0.2) is 112 Å². The summed E-state index contributed by atoms with van der Waals surface area (Å²) in [6.45, 7) is 3.09. The summed E-state index contributed by atoms with van der Waals surface area (Å²) >= 11 is 1.00. The monoisotopic (exact) mass is 788 g/mol. The molecule has 290 valence electrons. The van der Waals surface area contributed by atoms with E-state index in [1.165, 1.54) is 12.1 Å². The van der Waals surface area contributed by atoms with Gasteiger partial charge in [-0.3, -0.25) is 23.7 Å². The second-order valence-corrected chi connectivity index (χ2v) is 17.2. The minimum atomic E-state index is -5.80. The number of morpholine rings is 1. The summed E-state index contributed by atoms with van der Waals surface area (Å²) in [5, 5.41) is 3.07. The Bertz CT molecular complexity index is 1930. The van der Waals surface area contributed by atoms with Crippen molar-refractivity contribution in [1.82, 2.24) is 20.0 Å². The molecule has 1 unspecified atom stereocenters. The number of fused-ring (bicyclic) bond motifs is 2. The quantitative estimate of drug-likeness (QED) is 0.257. The number of carbonyl (C=O) groups excluding carboxylic acids is 4. The van der Waals surface area contributed by atoms with Gasteiger partial charge in [-0.15, -0.1) is 11.3 Å². The molecule has 2 aromatic carbocycles. The Morgan fingerprint density at radius 2 is 1.70 bits per heavy atom. The summed E-state index contributed by atoms with van der Waals surface area (Å²) in [5.41, 5.74) is -4.32. The third kappa shape index (κ3) is 8.10. The Morgan fingerprint density at radius 1 is 0.981 bits per heavy atom. The van der Waals surface area contributed by atoms with Crippen molar-refractivity contribution in [1.29, 1.82) is 0 Å². The van der Waals surface area contributed by atoms with Gasteiger partial charge in [-0.2, -0.15) is 8.78 Å². The lowest BCUT2D eigenvalue weighted by Gasteiger charge is -2.42. The van der Waals surface area contributed by atoms with Gasteiger partial charge in [0, 0.05) is 61.4 Å². The van der Waals surface area contributed by atoms with Crippen molar-refractivity contribution in [2.45, 2.75) is 75.0 Å². The van der Waals surface area contributed by atoms with E-state index in [4.69, 9.17) is 9.47 Å². The lowest BCUT2D eigenvalue weighted by atomic mass is 9.95. The highest BCUT2D eigenvalue weighted by Crippen LogP contribution is 2.59. The van der Waals surface area contributed by atoms with Crippen LogP contribution in [0.25, 0.3) is 10.1 Å². The van der Waals surface area contributed by atoms with E-state index >= 15 is 0 Å². The Labute approximate surface area is 314 Å². The molecule has 3 aromatic rings. The van der Waals surface area contributed by atoms with Crippen LogP contribution in [0.1, 0.15) is 59.3 Å². The molecule has 1 aromatic heterocycles. The number of hydrogen-bond acceptors (Lipinski definition) is 8. The number of benzene rings is 2. The summed E-state index contributed by atoms with van der Waals surface area (Å²) < 4.78 is 52.5. The van der Waals surface area contributed by atoms with Crippen molar-refractivity contribution in [2.24, 2.45) is 5.92 Å². The van der Waals surface area contributed by atoms with Crippen molar-refractivity contribution >= 4 is 52.6 Å². The molecule has 3 N–H and O–H groups in total. The number of hydrogen-bond donors (Lipinski definition) is 3. The van der Waals surface area contributed by atoms with Gasteiger partial charge in [-0.05, 0) is 54.8 Å². The number of ether oxygens (including phenoxy) is 2. The molecule has 0 spiro atoms. The molecule has 17 heteroatoms. The number of nitrogens with zero attached hydrogens (tertiary/aromatic N) is 3. The van der Waals surface area contributed by atoms with Crippen LogP contribution in [0.5, 0.6) is 0 Å². The van der Waals surface area contributed by atoms with Crippen molar-refractivity contribution in [3.8, 4) is 0 Å². The molecule has 0 aliphatic carbocycles. The highest BCUT2D eigenvalue weighted by atomic mass is 32.1. The zero-order valence-electron chi connectivity index (χ0n) is 29.5. The number of carbonyl (C=O) groups is 4. The summed E-state index contributed by atoms with van der Waals surface area (Å²) in [7, 11) is -5.80. The molecular formula is C37H43F2N4O9PS. The highest BCUT2D eigenvalue weighted by molar-refractivity contribution is 7.52. The van der Waals surface area contributed by atoms with E-state index in [0.717, 1.165) is 29.0 Å². The third-order valence-electron chi connectivity index (χ3n) is 10.9. The van der Waals surface area contributed by atoms with Crippen LogP contribution in [-0.2, 0) is 40.7 Å². The number of rotatable bonds is 10. The molecule has 4 atom stereocenters. The van der Waals surface area contributed by atoms with E-state index in [1.54, 1.807) is 14.7 Å². The molecule has 0 bridgehead atoms. The summed E-state index contributed by atoms with van der Waals surface area (Å²) in [4.78, 5) is 78.3. The van der Waals surface area contributed by atoms with Crippen molar-refractivity contribution in [3.05, 3.63) is 70.6 Å². The molecule has 54 heavy (non-hydrogen) atoms. The first-order valence-corrected chi connectivity index (χ1v) is 20.6. The van der Waals surface area contributed by atoms with E-state index in [9.17, 15) is 42.3 Å². The van der Waals surface area contributed by atoms with E-state index in [-0.39, 0.29) is 64.9 Å². The van der Waals surface area contributed by atoms with Gasteiger partial charge >= 0.3 is 13.3 Å². The smallest absolute Gasteiger partial charge is 0.378 e. The molecule has 4 aliphatic heterocycles. The zero-order chi connectivity index (χ0) is 38.2. The highest BCUT2D eigenvalue weighted by Gasteiger charge is 2.50. The van der Waals surface area contributed by atoms with E-state index in [0.29, 0.717) is 76.4 Å². The summed E-state index contributed by atoms with van der Waals surface area (Å²) in [6.07, 6.45) is 2.48. The molecule has 0 saturated carbocycles. The fraction of sp³-hybridized carbons (Fsp3) is 0.514. The second kappa shape index (κ2) is 15.8. The van der Waals surface area contributed by atoms with Gasteiger partial charge in [-0.1, -0.05) is 36.4 Å². The molecular weight excluding hydrogens is 745 g/mol. The van der Waals surface area contributed by atoms with Crippen LogP contribution < -0.4 is 5.32 Å².